The fourth-order valence-electron chi connectivity index (χ4n) is 1.16. The van der Waals surface area contributed by atoms with Crippen LogP contribution in [0.25, 0.3) is 0 Å². The average molecular weight is 244 g/mol. The van der Waals surface area contributed by atoms with Crippen molar-refractivity contribution < 1.29 is 5.11 Å². The standard InChI is InChI=1S/C10H14BrNO/c1-6-3-4-8(9(11)5-6)10(12)7(2)13/h3-5,7,10,13H,12H2,1-2H3/t7-,10-/m0/s1. The topological polar surface area (TPSA) is 46.2 Å². The minimum Gasteiger partial charge on any atom is -0.391 e. The van der Waals surface area contributed by atoms with Gasteiger partial charge < -0.3 is 10.8 Å². The van der Waals surface area contributed by atoms with Crippen molar-refractivity contribution in [1.29, 1.82) is 0 Å². The lowest BCUT2D eigenvalue weighted by molar-refractivity contribution is 0.164. The number of aliphatic hydroxyl groups is 1. The molecule has 0 saturated heterocycles. The molecule has 0 amide bonds. The fourth-order valence-corrected chi connectivity index (χ4v) is 1.92. The Balaban J connectivity index is 3.01. The van der Waals surface area contributed by atoms with Gasteiger partial charge in [-0.1, -0.05) is 28.1 Å². The van der Waals surface area contributed by atoms with E-state index in [1.165, 1.54) is 5.56 Å². The molecule has 13 heavy (non-hydrogen) atoms. The molecule has 0 aliphatic carbocycles. The monoisotopic (exact) mass is 243 g/mol. The van der Waals surface area contributed by atoms with E-state index in [1.807, 2.05) is 25.1 Å². The number of halogens is 1. The summed E-state index contributed by atoms with van der Waals surface area (Å²) < 4.78 is 0.959. The van der Waals surface area contributed by atoms with E-state index in [9.17, 15) is 5.11 Å². The Bertz CT molecular complexity index is 299. The van der Waals surface area contributed by atoms with Crippen molar-refractivity contribution in [2.45, 2.75) is 26.0 Å². The largest absolute Gasteiger partial charge is 0.391 e. The van der Waals surface area contributed by atoms with Crippen molar-refractivity contribution in [3.63, 3.8) is 0 Å². The molecule has 0 spiro atoms. The lowest BCUT2D eigenvalue weighted by atomic mass is 10.0. The molecule has 0 radical (unpaired) electrons. The Morgan fingerprint density at radius 3 is 2.54 bits per heavy atom. The number of nitrogens with two attached hydrogens (primary N) is 1. The quantitative estimate of drug-likeness (QED) is 0.837. The van der Waals surface area contributed by atoms with Crippen LogP contribution < -0.4 is 5.73 Å². The van der Waals surface area contributed by atoms with E-state index in [0.717, 1.165) is 10.0 Å². The molecular weight excluding hydrogens is 230 g/mol. The summed E-state index contributed by atoms with van der Waals surface area (Å²) in [5.74, 6) is 0. The van der Waals surface area contributed by atoms with Crippen LogP contribution in [0.2, 0.25) is 0 Å². The van der Waals surface area contributed by atoms with Crippen LogP contribution in [-0.2, 0) is 0 Å². The van der Waals surface area contributed by atoms with E-state index >= 15 is 0 Å². The lowest BCUT2D eigenvalue weighted by Crippen LogP contribution is -2.23. The molecule has 1 aromatic carbocycles. The first-order valence-corrected chi connectivity index (χ1v) is 5.01. The highest BCUT2D eigenvalue weighted by Gasteiger charge is 2.14. The number of benzene rings is 1. The van der Waals surface area contributed by atoms with Gasteiger partial charge in [0.1, 0.15) is 0 Å². The van der Waals surface area contributed by atoms with Crippen molar-refractivity contribution in [3.05, 3.63) is 33.8 Å². The van der Waals surface area contributed by atoms with Crippen molar-refractivity contribution in [2.24, 2.45) is 5.73 Å². The highest BCUT2D eigenvalue weighted by Crippen LogP contribution is 2.24. The molecule has 0 saturated carbocycles. The van der Waals surface area contributed by atoms with Gasteiger partial charge in [0, 0.05) is 4.47 Å². The van der Waals surface area contributed by atoms with Crippen LogP contribution in [0.4, 0.5) is 0 Å². The van der Waals surface area contributed by atoms with E-state index in [2.05, 4.69) is 15.9 Å². The summed E-state index contributed by atoms with van der Waals surface area (Å²) in [6.07, 6.45) is -0.529. The molecule has 3 heteroatoms. The zero-order chi connectivity index (χ0) is 10.0. The van der Waals surface area contributed by atoms with Gasteiger partial charge in [0.2, 0.25) is 0 Å². The summed E-state index contributed by atoms with van der Waals surface area (Å²) in [4.78, 5) is 0. The molecule has 0 aromatic heterocycles. The van der Waals surface area contributed by atoms with Gasteiger partial charge >= 0.3 is 0 Å². The molecular formula is C10H14BrNO. The van der Waals surface area contributed by atoms with Gasteiger partial charge in [0.05, 0.1) is 12.1 Å². The average Bonchev–Trinajstić information content (AvgIpc) is 2.03. The molecule has 0 bridgehead atoms. The van der Waals surface area contributed by atoms with Crippen LogP contribution in [0.5, 0.6) is 0 Å². The SMILES string of the molecule is Cc1ccc([C@@H](N)[C@H](C)O)c(Br)c1. The zero-order valence-electron chi connectivity index (χ0n) is 7.79. The Kier molecular flexibility index (Phi) is 3.47. The summed E-state index contributed by atoms with van der Waals surface area (Å²) in [6, 6.07) is 5.60. The third-order valence-electron chi connectivity index (χ3n) is 2.03. The first kappa shape index (κ1) is 10.7. The lowest BCUT2D eigenvalue weighted by Gasteiger charge is -2.16. The Morgan fingerprint density at radius 2 is 2.08 bits per heavy atom. The van der Waals surface area contributed by atoms with Crippen molar-refractivity contribution >= 4 is 15.9 Å². The van der Waals surface area contributed by atoms with Gasteiger partial charge in [0.25, 0.3) is 0 Å². The van der Waals surface area contributed by atoms with Gasteiger partial charge in [-0.25, -0.2) is 0 Å². The van der Waals surface area contributed by atoms with Crippen LogP contribution in [0.3, 0.4) is 0 Å². The minimum atomic E-state index is -0.529. The highest BCUT2D eigenvalue weighted by atomic mass is 79.9. The first-order chi connectivity index (χ1) is 6.02. The predicted octanol–water partition coefficient (Wildman–Crippen LogP) is 2.14. The summed E-state index contributed by atoms with van der Waals surface area (Å²) in [5.41, 5.74) is 7.93. The molecule has 3 N–H and O–H groups in total. The predicted molar refractivity (Wildman–Crippen MR) is 57.5 cm³/mol. The fraction of sp³-hybridized carbons (Fsp3) is 0.400. The number of rotatable bonds is 2. The van der Waals surface area contributed by atoms with Crippen LogP contribution in [0, 0.1) is 6.92 Å². The molecule has 0 fully saturated rings. The zero-order valence-corrected chi connectivity index (χ0v) is 9.38. The van der Waals surface area contributed by atoms with Crippen LogP contribution in [0.15, 0.2) is 22.7 Å². The van der Waals surface area contributed by atoms with Gasteiger partial charge in [-0.15, -0.1) is 0 Å². The van der Waals surface area contributed by atoms with Crippen LogP contribution in [0.1, 0.15) is 24.1 Å². The van der Waals surface area contributed by atoms with Crippen molar-refractivity contribution in [3.8, 4) is 0 Å². The van der Waals surface area contributed by atoms with Gasteiger partial charge in [-0.3, -0.25) is 0 Å². The van der Waals surface area contributed by atoms with Crippen molar-refractivity contribution in [2.75, 3.05) is 0 Å². The van der Waals surface area contributed by atoms with Gasteiger partial charge in [-0.05, 0) is 31.0 Å². The van der Waals surface area contributed by atoms with E-state index in [1.54, 1.807) is 6.92 Å². The third kappa shape index (κ3) is 2.53. The maximum Gasteiger partial charge on any atom is 0.0705 e. The third-order valence-corrected chi connectivity index (χ3v) is 2.72. The van der Waals surface area contributed by atoms with E-state index in [-0.39, 0.29) is 6.04 Å². The second-order valence-electron chi connectivity index (χ2n) is 3.29. The summed E-state index contributed by atoms with van der Waals surface area (Å²) >= 11 is 3.42. The second kappa shape index (κ2) is 4.22. The van der Waals surface area contributed by atoms with Gasteiger partial charge in [-0.2, -0.15) is 0 Å². The van der Waals surface area contributed by atoms with E-state index in [0.29, 0.717) is 0 Å². The highest BCUT2D eigenvalue weighted by molar-refractivity contribution is 9.10. The smallest absolute Gasteiger partial charge is 0.0705 e. The molecule has 72 valence electrons. The number of aryl methyl sites for hydroxylation is 1. The van der Waals surface area contributed by atoms with Crippen LogP contribution >= 0.6 is 15.9 Å². The maximum atomic E-state index is 9.32. The molecule has 2 nitrogen and oxygen atoms in total. The molecule has 0 heterocycles. The molecule has 2 atom stereocenters. The van der Waals surface area contributed by atoms with Crippen LogP contribution in [-0.4, -0.2) is 11.2 Å². The Morgan fingerprint density at radius 1 is 1.46 bits per heavy atom. The molecule has 0 aliphatic rings. The summed E-state index contributed by atoms with van der Waals surface area (Å²) in [7, 11) is 0. The van der Waals surface area contributed by atoms with Gasteiger partial charge in [0.15, 0.2) is 0 Å². The van der Waals surface area contributed by atoms with Crippen molar-refractivity contribution in [1.82, 2.24) is 0 Å². The number of aliphatic hydroxyl groups excluding tert-OH is 1. The normalized spacial score (nSPS) is 15.5. The van der Waals surface area contributed by atoms with E-state index < -0.39 is 6.10 Å². The maximum absolute atomic E-state index is 9.32. The van der Waals surface area contributed by atoms with E-state index in [4.69, 9.17) is 5.73 Å². The Hall–Kier alpha value is -0.380. The second-order valence-corrected chi connectivity index (χ2v) is 4.15. The molecule has 1 aromatic rings. The number of hydrogen-bond acceptors (Lipinski definition) is 2. The first-order valence-electron chi connectivity index (χ1n) is 4.22. The summed E-state index contributed by atoms with van der Waals surface area (Å²) in [6.45, 7) is 3.71. The minimum absolute atomic E-state index is 0.324. The molecule has 0 unspecified atom stereocenters. The Labute approximate surface area is 86.9 Å². The summed E-state index contributed by atoms with van der Waals surface area (Å²) in [5, 5.41) is 9.32. The number of hydrogen-bond donors (Lipinski definition) is 2. The molecule has 0 aliphatic heterocycles. The molecule has 1 rings (SSSR count).